The molecule has 0 heterocycles. The Morgan fingerprint density at radius 3 is 2.67 bits per heavy atom. The van der Waals surface area contributed by atoms with Crippen LogP contribution in [0, 0.1) is 6.92 Å². The molecule has 18 heavy (non-hydrogen) atoms. The minimum absolute atomic E-state index is 0.0537. The number of hydrogen-bond acceptors (Lipinski definition) is 4. The number of likely N-dealkylation sites (N-methyl/N-ethyl adjacent to an activating group) is 1. The number of hydrogen-bond donors (Lipinski definition) is 1. The smallest absolute Gasteiger partial charge is 0.180 e. The molecule has 0 saturated carbocycles. The van der Waals surface area contributed by atoms with Gasteiger partial charge in [-0.3, -0.25) is 0 Å². The molecule has 0 aliphatic carbocycles. The Hall–Kier alpha value is -0.910. The number of sulfone groups is 1. The van der Waals surface area contributed by atoms with Crippen molar-refractivity contribution in [3.8, 4) is 0 Å². The lowest BCUT2D eigenvalue weighted by molar-refractivity contribution is 0.174. The number of nitrogens with one attached hydrogen (secondary N) is 1. The first-order valence-electron chi connectivity index (χ1n) is 6.01. The molecule has 1 aromatic carbocycles. The molecule has 0 bridgehead atoms. The quantitative estimate of drug-likeness (QED) is 0.814. The molecule has 1 N–H and O–H groups in total. The van der Waals surface area contributed by atoms with Crippen LogP contribution in [0.25, 0.3) is 0 Å². The van der Waals surface area contributed by atoms with E-state index in [0.29, 0.717) is 11.5 Å². The largest absolute Gasteiger partial charge is 0.383 e. The zero-order valence-electron chi connectivity index (χ0n) is 11.1. The fourth-order valence-electron chi connectivity index (χ4n) is 1.83. The summed E-state index contributed by atoms with van der Waals surface area (Å²) >= 11 is 0. The maximum Gasteiger partial charge on any atom is 0.180 e. The van der Waals surface area contributed by atoms with E-state index < -0.39 is 9.84 Å². The Balaban J connectivity index is 2.86. The molecule has 0 fully saturated rings. The van der Waals surface area contributed by atoms with Gasteiger partial charge in [-0.2, -0.15) is 0 Å². The van der Waals surface area contributed by atoms with E-state index in [1.54, 1.807) is 25.3 Å². The average Bonchev–Trinajstić information content (AvgIpc) is 2.29. The molecule has 0 radical (unpaired) electrons. The van der Waals surface area contributed by atoms with Crippen molar-refractivity contribution >= 4 is 9.84 Å². The number of aryl methyl sites for hydroxylation is 1. The second-order valence-corrected chi connectivity index (χ2v) is 6.34. The van der Waals surface area contributed by atoms with E-state index in [-0.39, 0.29) is 11.8 Å². The maximum absolute atomic E-state index is 12.2. The topological polar surface area (TPSA) is 55.4 Å². The summed E-state index contributed by atoms with van der Waals surface area (Å²) in [7, 11) is -1.70. The van der Waals surface area contributed by atoms with Crippen LogP contribution in [0.2, 0.25) is 0 Å². The van der Waals surface area contributed by atoms with Crippen molar-refractivity contribution < 1.29 is 13.2 Å². The minimum Gasteiger partial charge on any atom is -0.383 e. The molecule has 0 saturated heterocycles. The third-order valence-electron chi connectivity index (χ3n) is 2.63. The van der Waals surface area contributed by atoms with Gasteiger partial charge in [0.2, 0.25) is 0 Å². The lowest BCUT2D eigenvalue weighted by Crippen LogP contribution is -2.39. The molecular weight excluding hydrogens is 250 g/mol. The van der Waals surface area contributed by atoms with Crippen molar-refractivity contribution in [3.05, 3.63) is 29.8 Å². The molecule has 102 valence electrons. The van der Waals surface area contributed by atoms with E-state index in [0.717, 1.165) is 12.1 Å². The molecule has 1 atom stereocenters. The summed E-state index contributed by atoms with van der Waals surface area (Å²) in [5.74, 6) is 0.0537. The molecule has 0 spiro atoms. The van der Waals surface area contributed by atoms with E-state index in [4.69, 9.17) is 4.74 Å². The Morgan fingerprint density at radius 2 is 2.11 bits per heavy atom. The van der Waals surface area contributed by atoms with Gasteiger partial charge in [-0.25, -0.2) is 8.42 Å². The first kappa shape index (κ1) is 15.1. The molecule has 1 unspecified atom stereocenters. The van der Waals surface area contributed by atoms with Crippen LogP contribution in [0.1, 0.15) is 12.5 Å². The molecule has 0 aromatic heterocycles. The Bertz CT molecular complexity index is 465. The summed E-state index contributed by atoms with van der Waals surface area (Å²) in [5, 5.41) is 3.12. The fourth-order valence-corrected chi connectivity index (χ4v) is 3.41. The first-order valence-corrected chi connectivity index (χ1v) is 7.66. The second-order valence-electron chi connectivity index (χ2n) is 4.31. The fraction of sp³-hybridized carbons (Fsp3) is 0.538. The van der Waals surface area contributed by atoms with Gasteiger partial charge in [0.05, 0.1) is 17.3 Å². The maximum atomic E-state index is 12.2. The van der Waals surface area contributed by atoms with Crippen molar-refractivity contribution in [2.75, 3.05) is 26.0 Å². The lowest BCUT2D eigenvalue weighted by atomic mass is 10.2. The van der Waals surface area contributed by atoms with Gasteiger partial charge in [-0.15, -0.1) is 0 Å². The van der Waals surface area contributed by atoms with Gasteiger partial charge in [-0.1, -0.05) is 19.1 Å². The molecule has 0 aliphatic heterocycles. The van der Waals surface area contributed by atoms with Crippen LogP contribution >= 0.6 is 0 Å². The van der Waals surface area contributed by atoms with E-state index in [1.165, 1.54) is 0 Å². The van der Waals surface area contributed by atoms with Crippen LogP contribution in [0.5, 0.6) is 0 Å². The number of benzene rings is 1. The highest BCUT2D eigenvalue weighted by atomic mass is 32.2. The first-order chi connectivity index (χ1) is 8.49. The summed E-state index contributed by atoms with van der Waals surface area (Å²) in [6, 6.07) is 6.81. The summed E-state index contributed by atoms with van der Waals surface area (Å²) < 4.78 is 29.5. The van der Waals surface area contributed by atoms with Crippen molar-refractivity contribution in [2.24, 2.45) is 0 Å². The predicted molar refractivity (Wildman–Crippen MR) is 72.6 cm³/mol. The van der Waals surface area contributed by atoms with Gasteiger partial charge in [0.15, 0.2) is 9.84 Å². The highest BCUT2D eigenvalue weighted by Gasteiger charge is 2.20. The van der Waals surface area contributed by atoms with E-state index in [2.05, 4.69) is 5.32 Å². The summed E-state index contributed by atoms with van der Waals surface area (Å²) in [6.07, 6.45) is 0. The van der Waals surface area contributed by atoms with Crippen molar-refractivity contribution in [2.45, 2.75) is 24.8 Å². The van der Waals surface area contributed by atoms with Crippen molar-refractivity contribution in [1.82, 2.24) is 5.32 Å². The summed E-state index contributed by atoms with van der Waals surface area (Å²) in [5.41, 5.74) is 0.947. The SMILES string of the molecule is CCNC(COC)CS(=O)(=O)c1cccc(C)c1. The third kappa shape index (κ3) is 4.40. The summed E-state index contributed by atoms with van der Waals surface area (Å²) in [4.78, 5) is 0.376. The van der Waals surface area contributed by atoms with Crippen LogP contribution in [0.4, 0.5) is 0 Å². The molecule has 0 aliphatic rings. The Morgan fingerprint density at radius 1 is 1.39 bits per heavy atom. The van der Waals surface area contributed by atoms with Crippen LogP contribution in [0.3, 0.4) is 0 Å². The predicted octanol–water partition coefficient (Wildman–Crippen LogP) is 1.39. The highest BCUT2D eigenvalue weighted by Crippen LogP contribution is 2.13. The molecular formula is C13H21NO3S. The molecule has 5 heteroatoms. The van der Waals surface area contributed by atoms with Crippen molar-refractivity contribution in [3.63, 3.8) is 0 Å². The standard InChI is InChI=1S/C13H21NO3S/c1-4-14-12(9-17-3)10-18(15,16)13-7-5-6-11(2)8-13/h5-8,12,14H,4,9-10H2,1-3H3. The van der Waals surface area contributed by atoms with Gasteiger partial charge >= 0.3 is 0 Å². The molecule has 1 aromatic rings. The van der Waals surface area contributed by atoms with Gasteiger partial charge < -0.3 is 10.1 Å². The average molecular weight is 271 g/mol. The minimum atomic E-state index is -3.27. The molecule has 0 amide bonds. The number of rotatable bonds is 7. The van der Waals surface area contributed by atoms with Crippen LogP contribution in [-0.2, 0) is 14.6 Å². The Kier molecular flexibility index (Phi) is 5.78. The lowest BCUT2D eigenvalue weighted by Gasteiger charge is -2.17. The molecule has 1 rings (SSSR count). The van der Waals surface area contributed by atoms with Gasteiger partial charge in [0, 0.05) is 13.2 Å². The number of methoxy groups -OCH3 is 1. The highest BCUT2D eigenvalue weighted by molar-refractivity contribution is 7.91. The van der Waals surface area contributed by atoms with Gasteiger partial charge in [0.25, 0.3) is 0 Å². The van der Waals surface area contributed by atoms with E-state index in [1.807, 2.05) is 19.9 Å². The monoisotopic (exact) mass is 271 g/mol. The van der Waals surface area contributed by atoms with Gasteiger partial charge in [0.1, 0.15) is 0 Å². The van der Waals surface area contributed by atoms with Crippen LogP contribution < -0.4 is 5.32 Å². The van der Waals surface area contributed by atoms with E-state index >= 15 is 0 Å². The third-order valence-corrected chi connectivity index (χ3v) is 4.44. The van der Waals surface area contributed by atoms with E-state index in [9.17, 15) is 8.42 Å². The van der Waals surface area contributed by atoms with Crippen LogP contribution in [-0.4, -0.2) is 40.5 Å². The van der Waals surface area contributed by atoms with Gasteiger partial charge in [-0.05, 0) is 31.2 Å². The van der Waals surface area contributed by atoms with Crippen molar-refractivity contribution in [1.29, 1.82) is 0 Å². The zero-order valence-corrected chi connectivity index (χ0v) is 12.0. The van der Waals surface area contributed by atoms with Crippen LogP contribution in [0.15, 0.2) is 29.2 Å². The molecule has 4 nitrogen and oxygen atoms in total. The second kappa shape index (κ2) is 6.87. The number of ether oxygens (including phenoxy) is 1. The summed E-state index contributed by atoms with van der Waals surface area (Å²) in [6.45, 7) is 4.94. The zero-order chi connectivity index (χ0) is 13.6. The Labute approximate surface area is 109 Å². The normalized spacial score (nSPS) is 13.5.